The third-order valence-corrected chi connectivity index (χ3v) is 11.5. The molecule has 4 aromatic carbocycles. The van der Waals surface area contributed by atoms with Gasteiger partial charge in [-0.2, -0.15) is 0 Å². The molecule has 0 unspecified atom stereocenters. The van der Waals surface area contributed by atoms with Crippen LogP contribution < -0.4 is 10.4 Å². The van der Waals surface area contributed by atoms with Crippen molar-refractivity contribution in [2.75, 3.05) is 6.61 Å². The molecule has 2 atom stereocenters. The Morgan fingerprint density at radius 1 is 0.840 bits per heavy atom. The summed E-state index contributed by atoms with van der Waals surface area (Å²) in [7, 11) is 0. The van der Waals surface area contributed by atoms with E-state index < -0.39 is 28.4 Å². The Balaban J connectivity index is 1.13. The Labute approximate surface area is 292 Å². The number of amides is 1. The van der Waals surface area contributed by atoms with Crippen molar-refractivity contribution >= 4 is 40.4 Å². The summed E-state index contributed by atoms with van der Waals surface area (Å²) in [6.45, 7) is 0.0233. The number of rotatable bonds is 11. The number of fused-ring (bicyclic) bond motifs is 2. The number of ether oxygens (including phenoxy) is 2. The van der Waals surface area contributed by atoms with Gasteiger partial charge in [0, 0.05) is 40.7 Å². The molecule has 3 heterocycles. The molecule has 1 spiro atoms. The van der Waals surface area contributed by atoms with Gasteiger partial charge in [0.2, 0.25) is 5.91 Å². The summed E-state index contributed by atoms with van der Waals surface area (Å²) in [5.74, 6) is -0.989. The van der Waals surface area contributed by atoms with Gasteiger partial charge in [-0.25, -0.2) is 9.59 Å². The van der Waals surface area contributed by atoms with Gasteiger partial charge in [-0.1, -0.05) is 91.0 Å². The fraction of sp³-hybridized carbons (Fsp3) is 0.220. The second-order valence-corrected chi connectivity index (χ2v) is 14.4. The van der Waals surface area contributed by atoms with Crippen molar-refractivity contribution in [2.45, 2.75) is 41.9 Å². The zero-order valence-electron chi connectivity index (χ0n) is 27.0. The van der Waals surface area contributed by atoms with Gasteiger partial charge in [0.25, 0.3) is 0 Å². The minimum absolute atomic E-state index is 0.0157. The van der Waals surface area contributed by atoms with Crippen LogP contribution in [0.3, 0.4) is 0 Å². The van der Waals surface area contributed by atoms with Crippen LogP contribution in [-0.4, -0.2) is 39.3 Å². The number of carbonyl (C=O) groups is 3. The SMILES string of the molecule is O=C(Cc1ccccc1)C[C@@H]1C(=O)N2C(C(=O)OC(c3ccccc3)c3ccccc3)=C(COc3ccc4ccc(=O)oc4c3)C3(CC3)S[C@H]12. The number of esters is 1. The number of Topliss-reactive ketones (excluding diaryl/α,β-unsaturated/α-hetero) is 1. The minimum atomic E-state index is -0.717. The predicted molar refractivity (Wildman–Crippen MR) is 189 cm³/mol. The fourth-order valence-electron chi connectivity index (χ4n) is 6.88. The zero-order valence-corrected chi connectivity index (χ0v) is 27.8. The van der Waals surface area contributed by atoms with Crippen LogP contribution >= 0.6 is 11.8 Å². The van der Waals surface area contributed by atoms with Gasteiger partial charge >= 0.3 is 11.6 Å². The van der Waals surface area contributed by atoms with Crippen molar-refractivity contribution in [1.82, 2.24) is 4.90 Å². The molecule has 9 heteroatoms. The summed E-state index contributed by atoms with van der Waals surface area (Å²) in [4.78, 5) is 55.1. The smallest absolute Gasteiger partial charge is 0.356 e. The first kappa shape index (κ1) is 31.8. The van der Waals surface area contributed by atoms with Crippen LogP contribution in [0, 0.1) is 5.92 Å². The van der Waals surface area contributed by atoms with Crippen LogP contribution in [0.2, 0.25) is 0 Å². The molecule has 2 aliphatic heterocycles. The molecule has 5 aromatic rings. The fourth-order valence-corrected chi connectivity index (χ4v) is 8.67. The lowest BCUT2D eigenvalue weighted by molar-refractivity contribution is -0.157. The van der Waals surface area contributed by atoms with Gasteiger partial charge in [0.1, 0.15) is 29.4 Å². The van der Waals surface area contributed by atoms with E-state index in [0.29, 0.717) is 16.9 Å². The average Bonchev–Trinajstić information content (AvgIpc) is 3.92. The first-order valence-corrected chi connectivity index (χ1v) is 17.5. The Hall–Kier alpha value is -5.41. The summed E-state index contributed by atoms with van der Waals surface area (Å²) < 4.78 is 17.6. The second-order valence-electron chi connectivity index (χ2n) is 12.9. The molecule has 250 valence electrons. The highest BCUT2D eigenvalue weighted by molar-refractivity contribution is 8.01. The summed E-state index contributed by atoms with van der Waals surface area (Å²) in [6.07, 6.45) is 1.22. The van der Waals surface area contributed by atoms with E-state index in [0.717, 1.165) is 34.9 Å². The number of hydrogen-bond donors (Lipinski definition) is 0. The Morgan fingerprint density at radius 3 is 2.14 bits per heavy atom. The van der Waals surface area contributed by atoms with Crippen molar-refractivity contribution in [2.24, 2.45) is 5.92 Å². The highest BCUT2D eigenvalue weighted by atomic mass is 32.2. The number of ketones is 1. The summed E-state index contributed by atoms with van der Waals surface area (Å²) in [5.41, 5.74) is 3.29. The summed E-state index contributed by atoms with van der Waals surface area (Å²) in [5, 5.41) is 0.375. The molecule has 8 rings (SSSR count). The number of thioether (sulfide) groups is 1. The van der Waals surface area contributed by atoms with Gasteiger partial charge in [0.05, 0.1) is 11.3 Å². The minimum Gasteiger partial charge on any atom is -0.489 e. The maximum absolute atomic E-state index is 14.6. The number of carbonyl (C=O) groups excluding carboxylic acids is 3. The topological polar surface area (TPSA) is 103 Å². The zero-order chi connectivity index (χ0) is 34.2. The normalized spacial score (nSPS) is 18.9. The molecule has 0 N–H and O–H groups in total. The van der Waals surface area contributed by atoms with Gasteiger partial charge in [-0.05, 0) is 47.7 Å². The lowest BCUT2D eigenvalue weighted by Gasteiger charge is -2.52. The van der Waals surface area contributed by atoms with E-state index >= 15 is 0 Å². The monoisotopic (exact) mass is 683 g/mol. The molecule has 1 amide bonds. The molecule has 1 aromatic heterocycles. The standard InChI is InChI=1S/C41H33NO7S/c43-30(22-26-10-4-1-5-11-26)23-32-38(45)42-36(40(46)49-37(28-12-6-2-7-13-28)29-14-8-3-9-15-29)33(41(20-21-41)50-39(32)42)25-47-31-18-16-27-17-19-35(44)48-34(27)24-31/h1-19,24,32,37,39H,20-23,25H2/t32-,39-/m1/s1. The first-order chi connectivity index (χ1) is 24.4. The van der Waals surface area contributed by atoms with Gasteiger partial charge in [-0.15, -0.1) is 11.8 Å². The maximum Gasteiger partial charge on any atom is 0.356 e. The Morgan fingerprint density at radius 2 is 1.48 bits per heavy atom. The number of nitrogens with zero attached hydrogens (tertiary/aromatic N) is 1. The highest BCUT2D eigenvalue weighted by Crippen LogP contribution is 2.63. The average molecular weight is 684 g/mol. The van der Waals surface area contributed by atoms with Crippen LogP contribution in [0.1, 0.15) is 42.1 Å². The van der Waals surface area contributed by atoms with Crippen molar-refractivity contribution in [3.63, 3.8) is 0 Å². The predicted octanol–water partition coefficient (Wildman–Crippen LogP) is 7.02. The quantitative estimate of drug-likeness (QED) is 0.0832. The molecule has 50 heavy (non-hydrogen) atoms. The van der Waals surface area contributed by atoms with E-state index in [1.165, 1.54) is 11.0 Å². The molecule has 1 saturated heterocycles. The third-order valence-electron chi connectivity index (χ3n) is 9.57. The molecular formula is C41H33NO7S. The molecule has 2 fully saturated rings. The van der Waals surface area contributed by atoms with Crippen LogP contribution in [0.5, 0.6) is 5.75 Å². The maximum atomic E-state index is 14.6. The highest BCUT2D eigenvalue weighted by Gasteiger charge is 2.63. The van der Waals surface area contributed by atoms with E-state index in [-0.39, 0.29) is 42.2 Å². The molecular weight excluding hydrogens is 651 g/mol. The molecule has 3 aliphatic rings. The van der Waals surface area contributed by atoms with Gasteiger partial charge in [-0.3, -0.25) is 14.5 Å². The molecule has 0 bridgehead atoms. The van der Waals surface area contributed by atoms with Crippen molar-refractivity contribution in [3.05, 3.63) is 160 Å². The molecule has 8 nitrogen and oxygen atoms in total. The summed E-state index contributed by atoms with van der Waals surface area (Å²) in [6, 6.07) is 36.8. The molecule has 0 radical (unpaired) electrons. The Kier molecular flexibility index (Phi) is 8.36. The van der Waals surface area contributed by atoms with Crippen molar-refractivity contribution in [3.8, 4) is 5.75 Å². The number of hydrogen-bond acceptors (Lipinski definition) is 8. The lowest BCUT2D eigenvalue weighted by atomic mass is 9.88. The first-order valence-electron chi connectivity index (χ1n) is 16.7. The summed E-state index contributed by atoms with van der Waals surface area (Å²) >= 11 is 1.64. The van der Waals surface area contributed by atoms with Gasteiger partial charge in [0.15, 0.2) is 6.10 Å². The van der Waals surface area contributed by atoms with Crippen LogP contribution in [0.4, 0.5) is 0 Å². The van der Waals surface area contributed by atoms with E-state index in [2.05, 4.69) is 0 Å². The van der Waals surface area contributed by atoms with Gasteiger partial charge < -0.3 is 13.9 Å². The molecule has 1 saturated carbocycles. The largest absolute Gasteiger partial charge is 0.489 e. The van der Waals surface area contributed by atoms with E-state index in [1.54, 1.807) is 36.0 Å². The second kappa shape index (κ2) is 13.1. The van der Waals surface area contributed by atoms with Crippen LogP contribution in [0.25, 0.3) is 11.0 Å². The third kappa shape index (κ3) is 6.13. The van der Waals surface area contributed by atoms with Crippen LogP contribution in [0.15, 0.2) is 142 Å². The van der Waals surface area contributed by atoms with Crippen molar-refractivity contribution in [1.29, 1.82) is 0 Å². The lowest BCUT2D eigenvalue weighted by Crippen LogP contribution is -2.63. The number of β-lactam (4-membered cyclic amide) rings is 1. The number of benzene rings is 4. The van der Waals surface area contributed by atoms with E-state index in [1.807, 2.05) is 91.0 Å². The van der Waals surface area contributed by atoms with E-state index in [9.17, 15) is 19.2 Å². The Bertz CT molecular complexity index is 2140. The van der Waals surface area contributed by atoms with Crippen molar-refractivity contribution < 1.29 is 28.3 Å². The molecule has 1 aliphatic carbocycles. The van der Waals surface area contributed by atoms with Crippen LogP contribution in [-0.2, 0) is 25.5 Å². The van der Waals surface area contributed by atoms with E-state index in [4.69, 9.17) is 13.9 Å².